The highest BCUT2D eigenvalue weighted by molar-refractivity contribution is 5.72. The molecule has 7 heteroatoms. The minimum absolute atomic E-state index is 0.0153. The summed E-state index contributed by atoms with van der Waals surface area (Å²) in [6.45, 7) is 0.329. The smallest absolute Gasteiger partial charge is 0.282 e. The van der Waals surface area contributed by atoms with Crippen LogP contribution in [0.2, 0.25) is 0 Å². The zero-order valence-electron chi connectivity index (χ0n) is 9.79. The monoisotopic (exact) mass is 261 g/mol. The van der Waals surface area contributed by atoms with E-state index in [4.69, 9.17) is 16.2 Å². The highest BCUT2D eigenvalue weighted by atomic mass is 19.2. The van der Waals surface area contributed by atoms with Crippen LogP contribution < -0.4 is 11.5 Å². The highest BCUT2D eigenvalue weighted by Crippen LogP contribution is 2.29. The maximum atomic E-state index is 13.5. The summed E-state index contributed by atoms with van der Waals surface area (Å²) in [5, 5.41) is 0. The van der Waals surface area contributed by atoms with Crippen molar-refractivity contribution in [2.45, 2.75) is 12.5 Å². The topological polar surface area (TPSA) is 73.6 Å². The van der Waals surface area contributed by atoms with Crippen molar-refractivity contribution in [2.24, 2.45) is 10.7 Å². The number of alkyl halides is 1. The molecule has 1 atom stereocenters. The molecule has 4 nitrogen and oxygen atoms in total. The Labute approximate surface area is 102 Å². The first-order valence-electron chi connectivity index (χ1n) is 5.16. The molecule has 0 radical (unpaired) electrons. The van der Waals surface area contributed by atoms with Crippen molar-refractivity contribution >= 4 is 11.7 Å². The number of hydrogen-bond donors (Lipinski definition) is 2. The number of ether oxygens (including phenoxy) is 1. The Kier molecular flexibility index (Phi) is 4.82. The van der Waals surface area contributed by atoms with Crippen molar-refractivity contribution in [1.29, 1.82) is 0 Å². The average molecular weight is 261 g/mol. The highest BCUT2D eigenvalue weighted by Gasteiger charge is 2.22. The number of benzene rings is 1. The third kappa shape index (κ3) is 3.06. The Morgan fingerprint density at radius 2 is 1.94 bits per heavy atom. The molecule has 0 amide bonds. The summed E-state index contributed by atoms with van der Waals surface area (Å²) in [6.07, 6.45) is 0.445. The fourth-order valence-corrected chi connectivity index (χ4v) is 1.63. The number of anilines is 1. The van der Waals surface area contributed by atoms with Gasteiger partial charge in [0.2, 0.25) is 0 Å². The molecule has 1 heterocycles. The molecule has 1 aliphatic heterocycles. The van der Waals surface area contributed by atoms with Crippen LogP contribution in [-0.4, -0.2) is 19.8 Å². The maximum absolute atomic E-state index is 13.5. The molecule has 1 aromatic rings. The standard InChI is InChI=1S/C10H11F2N3O.CH3F/c11-7-4-5(13)3-6(9(7)12)8-1-2-16-10(14)15-8;1-2/h3-4,8H,1-2,13H2,(H2,14,15);1H3. The maximum Gasteiger partial charge on any atom is 0.282 e. The number of nitrogens with two attached hydrogens (primary N) is 2. The zero-order chi connectivity index (χ0) is 13.7. The van der Waals surface area contributed by atoms with Crippen molar-refractivity contribution in [3.8, 4) is 0 Å². The summed E-state index contributed by atoms with van der Waals surface area (Å²) < 4.78 is 41.0. The van der Waals surface area contributed by atoms with Gasteiger partial charge in [0.15, 0.2) is 11.6 Å². The number of nitrogen functional groups attached to an aromatic ring is 1. The second-order valence-electron chi connectivity index (χ2n) is 3.53. The SMILES string of the molecule is CF.NC1=NC(c2cc(N)cc(F)c2F)CCO1. The Hall–Kier alpha value is -1.92. The lowest BCUT2D eigenvalue weighted by Crippen LogP contribution is -2.24. The summed E-state index contributed by atoms with van der Waals surface area (Å²) in [5.74, 6) is -1.91. The van der Waals surface area contributed by atoms with Gasteiger partial charge in [-0.05, 0) is 12.1 Å². The van der Waals surface area contributed by atoms with Crippen LogP contribution in [0.4, 0.5) is 18.9 Å². The van der Waals surface area contributed by atoms with Gasteiger partial charge in [-0.3, -0.25) is 4.39 Å². The van der Waals surface area contributed by atoms with Gasteiger partial charge in [0.1, 0.15) is 0 Å². The minimum Gasteiger partial charge on any atom is -0.465 e. The lowest BCUT2D eigenvalue weighted by Gasteiger charge is -2.20. The predicted molar refractivity (Wildman–Crippen MR) is 62.7 cm³/mol. The number of halogens is 3. The fourth-order valence-electron chi connectivity index (χ4n) is 1.63. The molecule has 0 saturated carbocycles. The minimum atomic E-state index is -0.977. The summed E-state index contributed by atoms with van der Waals surface area (Å²) in [7, 11) is 0.500. The van der Waals surface area contributed by atoms with Crippen molar-refractivity contribution in [3.05, 3.63) is 29.3 Å². The van der Waals surface area contributed by atoms with Crippen LogP contribution in [0.25, 0.3) is 0 Å². The van der Waals surface area contributed by atoms with Crippen LogP contribution in [0, 0.1) is 11.6 Å². The van der Waals surface area contributed by atoms with Crippen molar-refractivity contribution < 1.29 is 17.9 Å². The Bertz CT molecular complexity index is 451. The van der Waals surface area contributed by atoms with Gasteiger partial charge >= 0.3 is 0 Å². The molecule has 0 saturated heterocycles. The molecule has 0 aliphatic carbocycles. The van der Waals surface area contributed by atoms with Gasteiger partial charge in [0, 0.05) is 17.7 Å². The first kappa shape index (κ1) is 14.1. The molecule has 0 aromatic heterocycles. The first-order chi connectivity index (χ1) is 8.58. The largest absolute Gasteiger partial charge is 0.465 e. The van der Waals surface area contributed by atoms with Gasteiger partial charge < -0.3 is 16.2 Å². The van der Waals surface area contributed by atoms with Gasteiger partial charge in [-0.1, -0.05) is 0 Å². The van der Waals surface area contributed by atoms with E-state index in [0.717, 1.165) is 6.07 Å². The summed E-state index contributed by atoms with van der Waals surface area (Å²) in [6, 6.07) is 1.75. The second kappa shape index (κ2) is 6.13. The van der Waals surface area contributed by atoms with E-state index >= 15 is 0 Å². The molecule has 1 aromatic carbocycles. The van der Waals surface area contributed by atoms with Crippen LogP contribution in [0.5, 0.6) is 0 Å². The van der Waals surface area contributed by atoms with Gasteiger partial charge in [-0.25, -0.2) is 13.8 Å². The number of hydrogen-bond acceptors (Lipinski definition) is 4. The van der Waals surface area contributed by atoms with Gasteiger partial charge in [0.25, 0.3) is 6.02 Å². The molecule has 100 valence electrons. The predicted octanol–water partition coefficient (Wildman–Crippen LogP) is 1.91. The zero-order valence-corrected chi connectivity index (χ0v) is 9.79. The molecule has 4 N–H and O–H groups in total. The Balaban J connectivity index is 0.000000771. The Morgan fingerprint density at radius 3 is 2.56 bits per heavy atom. The van der Waals surface area contributed by atoms with Gasteiger partial charge in [-0.15, -0.1) is 0 Å². The molecule has 18 heavy (non-hydrogen) atoms. The summed E-state index contributed by atoms with van der Waals surface area (Å²) in [4.78, 5) is 3.91. The van der Waals surface area contributed by atoms with E-state index in [2.05, 4.69) is 4.99 Å². The van der Waals surface area contributed by atoms with Crippen molar-refractivity contribution in [1.82, 2.24) is 0 Å². The normalized spacial score (nSPS) is 18.2. The molecule has 2 rings (SSSR count). The molecular weight excluding hydrogens is 247 g/mol. The lowest BCUT2D eigenvalue weighted by atomic mass is 10.0. The van der Waals surface area contributed by atoms with Crippen LogP contribution in [0.3, 0.4) is 0 Å². The first-order valence-corrected chi connectivity index (χ1v) is 5.16. The van der Waals surface area contributed by atoms with Crippen molar-refractivity contribution in [2.75, 3.05) is 19.5 Å². The van der Waals surface area contributed by atoms with E-state index in [1.54, 1.807) is 0 Å². The summed E-state index contributed by atoms with van der Waals surface area (Å²) >= 11 is 0. The quantitative estimate of drug-likeness (QED) is 0.758. The number of aliphatic imine (C=N–C) groups is 1. The molecule has 0 bridgehead atoms. The lowest BCUT2D eigenvalue weighted by molar-refractivity contribution is 0.254. The van der Waals surface area contributed by atoms with E-state index < -0.39 is 17.7 Å². The van der Waals surface area contributed by atoms with E-state index in [1.807, 2.05) is 0 Å². The molecular formula is C11H14F3N3O. The molecule has 0 fully saturated rings. The molecule has 0 spiro atoms. The van der Waals surface area contributed by atoms with Crippen LogP contribution in [0.15, 0.2) is 17.1 Å². The van der Waals surface area contributed by atoms with Crippen LogP contribution >= 0.6 is 0 Å². The Morgan fingerprint density at radius 1 is 1.28 bits per heavy atom. The van der Waals surface area contributed by atoms with Crippen LogP contribution in [-0.2, 0) is 4.74 Å². The van der Waals surface area contributed by atoms with E-state index in [0.29, 0.717) is 20.2 Å². The van der Waals surface area contributed by atoms with E-state index in [1.165, 1.54) is 6.07 Å². The molecule has 1 aliphatic rings. The number of nitrogens with zero attached hydrogens (tertiary/aromatic N) is 1. The van der Waals surface area contributed by atoms with E-state index in [9.17, 15) is 13.2 Å². The summed E-state index contributed by atoms with van der Waals surface area (Å²) in [5.41, 5.74) is 11.1. The van der Waals surface area contributed by atoms with Crippen LogP contribution in [0.1, 0.15) is 18.0 Å². The third-order valence-electron chi connectivity index (χ3n) is 2.36. The fraction of sp³-hybridized carbons (Fsp3) is 0.364. The van der Waals surface area contributed by atoms with Gasteiger partial charge in [-0.2, -0.15) is 0 Å². The van der Waals surface area contributed by atoms with Crippen molar-refractivity contribution in [3.63, 3.8) is 0 Å². The number of amidine groups is 1. The number of rotatable bonds is 1. The molecule has 1 unspecified atom stereocenters. The van der Waals surface area contributed by atoms with E-state index in [-0.39, 0.29) is 17.3 Å². The third-order valence-corrected chi connectivity index (χ3v) is 2.36. The van der Waals surface area contributed by atoms with Gasteiger partial charge in [0.05, 0.1) is 19.8 Å². The second-order valence-corrected chi connectivity index (χ2v) is 3.53. The average Bonchev–Trinajstić information content (AvgIpc) is 2.36.